The average molecular weight is 328 g/mol. The third-order valence-electron chi connectivity index (χ3n) is 2.46. The highest BCUT2D eigenvalue weighted by Gasteiger charge is 2.16. The van der Waals surface area contributed by atoms with Gasteiger partial charge >= 0.3 is 0 Å². The lowest BCUT2D eigenvalue weighted by molar-refractivity contribution is 0.0746. The molecule has 0 saturated carbocycles. The van der Waals surface area contributed by atoms with Gasteiger partial charge in [-0.2, -0.15) is 5.26 Å². The Morgan fingerprint density at radius 1 is 1.50 bits per heavy atom. The minimum absolute atomic E-state index is 0.0425. The largest absolute Gasteiger partial charge is 0.338 e. The molecule has 0 aliphatic rings. The Bertz CT molecular complexity index is 408. The molecule has 0 heterocycles. The summed E-state index contributed by atoms with van der Waals surface area (Å²) in [6.45, 7) is 1.87. The Labute approximate surface area is 109 Å². The number of halogens is 1. The van der Waals surface area contributed by atoms with E-state index in [1.54, 1.807) is 24.1 Å². The first-order chi connectivity index (χ1) is 7.56. The number of hydrogen-bond donors (Lipinski definition) is 0. The van der Waals surface area contributed by atoms with E-state index in [-0.39, 0.29) is 11.9 Å². The van der Waals surface area contributed by atoms with Crippen molar-refractivity contribution in [1.82, 2.24) is 4.90 Å². The molecule has 4 heteroatoms. The molecule has 84 valence electrons. The maximum atomic E-state index is 12.0. The minimum atomic E-state index is -0.0585. The van der Waals surface area contributed by atoms with Crippen LogP contribution in [0.3, 0.4) is 0 Å². The van der Waals surface area contributed by atoms with Crippen molar-refractivity contribution in [3.05, 3.63) is 33.4 Å². The Balaban J connectivity index is 2.78. The van der Waals surface area contributed by atoms with Gasteiger partial charge in [-0.05, 0) is 53.8 Å². The van der Waals surface area contributed by atoms with E-state index in [4.69, 9.17) is 5.26 Å². The summed E-state index contributed by atoms with van der Waals surface area (Å²) in [5.41, 5.74) is 0.660. The van der Waals surface area contributed by atoms with Gasteiger partial charge in [-0.25, -0.2) is 0 Å². The molecular weight excluding hydrogens is 315 g/mol. The second-order valence-corrected chi connectivity index (χ2v) is 4.88. The van der Waals surface area contributed by atoms with Gasteiger partial charge in [0.25, 0.3) is 5.91 Å². The molecule has 0 N–H and O–H groups in total. The lowest BCUT2D eigenvalue weighted by Crippen LogP contribution is -2.34. The molecular formula is C12H13IN2O. The Kier molecular flexibility index (Phi) is 4.74. The number of rotatable bonds is 3. The monoisotopic (exact) mass is 328 g/mol. The van der Waals surface area contributed by atoms with Crippen LogP contribution in [0.4, 0.5) is 0 Å². The second-order valence-electron chi connectivity index (χ2n) is 3.63. The van der Waals surface area contributed by atoms with Gasteiger partial charge in [-0.1, -0.05) is 0 Å². The zero-order valence-corrected chi connectivity index (χ0v) is 11.4. The summed E-state index contributed by atoms with van der Waals surface area (Å²) in [5, 5.41) is 8.59. The van der Waals surface area contributed by atoms with Crippen LogP contribution < -0.4 is 0 Å². The molecule has 0 aliphatic heterocycles. The zero-order chi connectivity index (χ0) is 12.1. The molecule has 1 aromatic rings. The second kappa shape index (κ2) is 5.85. The SMILES string of the molecule is CC(CC#N)N(C)C(=O)c1ccc(I)cc1. The maximum absolute atomic E-state index is 12.0. The number of amides is 1. The normalized spacial score (nSPS) is 11.6. The number of carbonyl (C=O) groups excluding carboxylic acids is 1. The fraction of sp³-hybridized carbons (Fsp3) is 0.333. The van der Waals surface area contributed by atoms with Gasteiger partial charge < -0.3 is 4.90 Å². The summed E-state index contributed by atoms with van der Waals surface area (Å²) in [4.78, 5) is 13.6. The molecule has 1 unspecified atom stereocenters. The van der Waals surface area contributed by atoms with Crippen LogP contribution in [0.25, 0.3) is 0 Å². The van der Waals surface area contributed by atoms with Crippen LogP contribution in [0.2, 0.25) is 0 Å². The van der Waals surface area contributed by atoms with E-state index < -0.39 is 0 Å². The predicted molar refractivity (Wildman–Crippen MR) is 70.9 cm³/mol. The minimum Gasteiger partial charge on any atom is -0.338 e. The lowest BCUT2D eigenvalue weighted by atomic mass is 10.1. The maximum Gasteiger partial charge on any atom is 0.253 e. The van der Waals surface area contributed by atoms with Crippen molar-refractivity contribution in [2.24, 2.45) is 0 Å². The zero-order valence-electron chi connectivity index (χ0n) is 9.27. The van der Waals surface area contributed by atoms with Crippen LogP contribution >= 0.6 is 22.6 Å². The quantitative estimate of drug-likeness (QED) is 0.801. The molecule has 3 nitrogen and oxygen atoms in total. The first kappa shape index (κ1) is 13.0. The van der Waals surface area contributed by atoms with Crippen molar-refractivity contribution < 1.29 is 4.79 Å². The van der Waals surface area contributed by atoms with Crippen LogP contribution in [0.1, 0.15) is 23.7 Å². The first-order valence-corrected chi connectivity index (χ1v) is 6.04. The third-order valence-corrected chi connectivity index (χ3v) is 3.18. The number of carbonyl (C=O) groups is 1. The van der Waals surface area contributed by atoms with E-state index in [1.807, 2.05) is 19.1 Å². The molecule has 1 aromatic carbocycles. The van der Waals surface area contributed by atoms with Gasteiger partial charge in [-0.15, -0.1) is 0 Å². The predicted octanol–water partition coefficient (Wildman–Crippen LogP) is 2.67. The van der Waals surface area contributed by atoms with E-state index in [0.717, 1.165) is 3.57 Å². The van der Waals surface area contributed by atoms with Crippen molar-refractivity contribution in [1.29, 1.82) is 5.26 Å². The summed E-state index contributed by atoms with van der Waals surface area (Å²) in [5.74, 6) is -0.0425. The molecule has 0 fully saturated rings. The Morgan fingerprint density at radius 2 is 2.06 bits per heavy atom. The van der Waals surface area contributed by atoms with Crippen molar-refractivity contribution in [3.8, 4) is 6.07 Å². The fourth-order valence-corrected chi connectivity index (χ4v) is 1.62. The van der Waals surface area contributed by atoms with E-state index in [2.05, 4.69) is 28.7 Å². The third kappa shape index (κ3) is 3.20. The standard InChI is InChI=1S/C12H13IN2O/c1-9(7-8-14)15(2)12(16)10-3-5-11(13)6-4-10/h3-6,9H,7H2,1-2H3. The van der Waals surface area contributed by atoms with Gasteiger partial charge in [0.1, 0.15) is 0 Å². The van der Waals surface area contributed by atoms with Crippen LogP contribution in [0.15, 0.2) is 24.3 Å². The summed E-state index contributed by atoms with van der Waals surface area (Å²) in [6.07, 6.45) is 0.354. The average Bonchev–Trinajstić information content (AvgIpc) is 2.28. The summed E-state index contributed by atoms with van der Waals surface area (Å²) >= 11 is 2.20. The summed E-state index contributed by atoms with van der Waals surface area (Å²) < 4.78 is 1.10. The first-order valence-electron chi connectivity index (χ1n) is 4.96. The summed E-state index contributed by atoms with van der Waals surface area (Å²) in [6, 6.07) is 9.42. The molecule has 0 aliphatic carbocycles. The van der Waals surface area contributed by atoms with Crippen LogP contribution in [-0.2, 0) is 0 Å². The molecule has 0 aromatic heterocycles. The van der Waals surface area contributed by atoms with Crippen molar-refractivity contribution >= 4 is 28.5 Å². The van der Waals surface area contributed by atoms with Crippen molar-refractivity contribution in [2.45, 2.75) is 19.4 Å². The number of nitriles is 1. The highest BCUT2D eigenvalue weighted by atomic mass is 127. The fourth-order valence-electron chi connectivity index (χ4n) is 1.27. The van der Waals surface area contributed by atoms with Gasteiger partial charge in [0.05, 0.1) is 12.5 Å². The number of hydrogen-bond acceptors (Lipinski definition) is 2. The highest BCUT2D eigenvalue weighted by Crippen LogP contribution is 2.11. The Hall–Kier alpha value is -1.09. The van der Waals surface area contributed by atoms with Gasteiger partial charge in [0.2, 0.25) is 0 Å². The summed E-state index contributed by atoms with van der Waals surface area (Å²) in [7, 11) is 1.72. The smallest absolute Gasteiger partial charge is 0.253 e. The topological polar surface area (TPSA) is 44.1 Å². The number of nitrogens with zero attached hydrogens (tertiary/aromatic N) is 2. The van der Waals surface area contributed by atoms with Crippen LogP contribution in [0.5, 0.6) is 0 Å². The van der Waals surface area contributed by atoms with Gasteiger partial charge in [0, 0.05) is 22.2 Å². The van der Waals surface area contributed by atoms with Crippen molar-refractivity contribution in [3.63, 3.8) is 0 Å². The van der Waals surface area contributed by atoms with Crippen LogP contribution in [0, 0.1) is 14.9 Å². The molecule has 16 heavy (non-hydrogen) atoms. The molecule has 1 rings (SSSR count). The molecule has 0 radical (unpaired) electrons. The molecule has 1 amide bonds. The van der Waals surface area contributed by atoms with Crippen molar-refractivity contribution in [2.75, 3.05) is 7.05 Å². The molecule has 0 bridgehead atoms. The lowest BCUT2D eigenvalue weighted by Gasteiger charge is -2.22. The molecule has 1 atom stereocenters. The van der Waals surface area contributed by atoms with E-state index >= 15 is 0 Å². The molecule has 0 spiro atoms. The van der Waals surface area contributed by atoms with E-state index in [0.29, 0.717) is 12.0 Å². The number of benzene rings is 1. The van der Waals surface area contributed by atoms with Crippen LogP contribution in [-0.4, -0.2) is 23.9 Å². The van der Waals surface area contributed by atoms with E-state index in [9.17, 15) is 4.79 Å². The van der Waals surface area contributed by atoms with E-state index in [1.165, 1.54) is 0 Å². The van der Waals surface area contributed by atoms with Gasteiger partial charge in [0.15, 0.2) is 0 Å². The van der Waals surface area contributed by atoms with Gasteiger partial charge in [-0.3, -0.25) is 4.79 Å². The highest BCUT2D eigenvalue weighted by molar-refractivity contribution is 14.1. The Morgan fingerprint density at radius 3 is 2.56 bits per heavy atom. The molecule has 0 saturated heterocycles.